The van der Waals surface area contributed by atoms with Crippen molar-refractivity contribution in [1.82, 2.24) is 0 Å². The summed E-state index contributed by atoms with van der Waals surface area (Å²) in [7, 11) is 0. The Labute approximate surface area is 91.8 Å². The predicted molar refractivity (Wildman–Crippen MR) is 56.1 cm³/mol. The molecule has 1 aromatic rings. The minimum atomic E-state index is -0.240. The van der Waals surface area contributed by atoms with Gasteiger partial charge in [0, 0.05) is 5.56 Å². The van der Waals surface area contributed by atoms with E-state index in [1.807, 2.05) is 0 Å². The van der Waals surface area contributed by atoms with Gasteiger partial charge in [0.1, 0.15) is 5.78 Å². The summed E-state index contributed by atoms with van der Waals surface area (Å²) in [4.78, 5) is 22.1. The van der Waals surface area contributed by atoms with Gasteiger partial charge in [0.05, 0.1) is 16.5 Å². The highest BCUT2D eigenvalue weighted by molar-refractivity contribution is 6.42. The summed E-state index contributed by atoms with van der Waals surface area (Å²) in [5.41, 5.74) is 0.412. The van der Waals surface area contributed by atoms with E-state index in [0.29, 0.717) is 15.6 Å². The number of hydrogen-bond acceptors (Lipinski definition) is 2. The molecule has 0 atom stereocenters. The Morgan fingerprint density at radius 3 is 2.36 bits per heavy atom. The topological polar surface area (TPSA) is 34.1 Å². The van der Waals surface area contributed by atoms with E-state index in [4.69, 9.17) is 23.2 Å². The molecule has 0 heterocycles. The molecule has 0 aromatic heterocycles. The van der Waals surface area contributed by atoms with Gasteiger partial charge >= 0.3 is 0 Å². The Morgan fingerprint density at radius 1 is 1.21 bits per heavy atom. The van der Waals surface area contributed by atoms with Gasteiger partial charge in [-0.2, -0.15) is 0 Å². The van der Waals surface area contributed by atoms with Gasteiger partial charge in [-0.1, -0.05) is 23.2 Å². The third-order valence-electron chi connectivity index (χ3n) is 1.65. The maximum Gasteiger partial charge on any atom is 0.170 e. The van der Waals surface area contributed by atoms with Gasteiger partial charge in [-0.15, -0.1) is 0 Å². The third kappa shape index (κ3) is 2.82. The van der Waals surface area contributed by atoms with E-state index in [-0.39, 0.29) is 18.0 Å². The largest absolute Gasteiger partial charge is 0.300 e. The average Bonchev–Trinajstić information content (AvgIpc) is 2.08. The molecular weight excluding hydrogens is 223 g/mol. The monoisotopic (exact) mass is 230 g/mol. The molecule has 14 heavy (non-hydrogen) atoms. The van der Waals surface area contributed by atoms with Crippen molar-refractivity contribution in [3.63, 3.8) is 0 Å². The van der Waals surface area contributed by atoms with Crippen molar-refractivity contribution in [2.75, 3.05) is 0 Å². The van der Waals surface area contributed by atoms with Gasteiger partial charge in [0.25, 0.3) is 0 Å². The first kappa shape index (κ1) is 11.2. The zero-order valence-corrected chi connectivity index (χ0v) is 9.02. The summed E-state index contributed by atoms with van der Waals surface area (Å²) < 4.78 is 0. The molecule has 0 bridgehead atoms. The molecule has 0 fully saturated rings. The second kappa shape index (κ2) is 4.58. The van der Waals surface area contributed by atoms with Crippen molar-refractivity contribution in [3.8, 4) is 0 Å². The van der Waals surface area contributed by atoms with Crippen LogP contribution in [-0.4, -0.2) is 11.6 Å². The highest BCUT2D eigenvalue weighted by Gasteiger charge is 2.09. The van der Waals surface area contributed by atoms with Crippen LogP contribution in [0, 0.1) is 0 Å². The molecule has 0 amide bonds. The van der Waals surface area contributed by atoms with E-state index < -0.39 is 0 Å². The highest BCUT2D eigenvalue weighted by atomic mass is 35.5. The van der Waals surface area contributed by atoms with Crippen LogP contribution < -0.4 is 0 Å². The minimum absolute atomic E-state index is 0.0992. The van der Waals surface area contributed by atoms with Crippen LogP contribution in [-0.2, 0) is 4.79 Å². The van der Waals surface area contributed by atoms with Crippen LogP contribution in [0.25, 0.3) is 0 Å². The van der Waals surface area contributed by atoms with Crippen LogP contribution in [0.2, 0.25) is 10.0 Å². The van der Waals surface area contributed by atoms with Crippen molar-refractivity contribution < 1.29 is 9.59 Å². The predicted octanol–water partition coefficient (Wildman–Crippen LogP) is 3.16. The van der Waals surface area contributed by atoms with E-state index >= 15 is 0 Å². The van der Waals surface area contributed by atoms with Crippen LogP contribution >= 0.6 is 23.2 Å². The Kier molecular flexibility index (Phi) is 3.67. The van der Waals surface area contributed by atoms with Crippen molar-refractivity contribution in [2.24, 2.45) is 0 Å². The zero-order chi connectivity index (χ0) is 10.7. The SMILES string of the molecule is CC(=O)CC(=O)c1ccc(Cl)c(Cl)c1. The number of benzene rings is 1. The Bertz CT molecular complexity index is 386. The van der Waals surface area contributed by atoms with Crippen molar-refractivity contribution in [2.45, 2.75) is 13.3 Å². The molecule has 0 aliphatic heterocycles. The number of halogens is 2. The van der Waals surface area contributed by atoms with Gasteiger partial charge in [-0.05, 0) is 25.1 Å². The smallest absolute Gasteiger partial charge is 0.170 e. The average molecular weight is 231 g/mol. The number of carbonyl (C=O) groups is 2. The first-order valence-electron chi connectivity index (χ1n) is 3.98. The Balaban J connectivity index is 2.91. The molecule has 0 aliphatic carbocycles. The van der Waals surface area contributed by atoms with Crippen LogP contribution in [0.1, 0.15) is 23.7 Å². The van der Waals surface area contributed by atoms with Gasteiger partial charge in [-0.25, -0.2) is 0 Å². The number of carbonyl (C=O) groups excluding carboxylic acids is 2. The minimum Gasteiger partial charge on any atom is -0.300 e. The molecule has 0 spiro atoms. The summed E-state index contributed by atoms with van der Waals surface area (Å²) in [5.74, 6) is -0.405. The standard InChI is InChI=1S/C10H8Cl2O2/c1-6(13)4-10(14)7-2-3-8(11)9(12)5-7/h2-3,5H,4H2,1H3. The molecule has 1 aromatic carbocycles. The van der Waals surface area contributed by atoms with Gasteiger partial charge in [-0.3, -0.25) is 9.59 Å². The fourth-order valence-electron chi connectivity index (χ4n) is 0.998. The molecule has 0 saturated carbocycles. The van der Waals surface area contributed by atoms with Crippen molar-refractivity contribution >= 4 is 34.8 Å². The molecule has 1 rings (SSSR count). The van der Waals surface area contributed by atoms with E-state index in [1.165, 1.54) is 19.1 Å². The van der Waals surface area contributed by atoms with Crippen molar-refractivity contribution in [1.29, 1.82) is 0 Å². The lowest BCUT2D eigenvalue weighted by Crippen LogP contribution is -2.04. The first-order valence-corrected chi connectivity index (χ1v) is 4.74. The van der Waals surface area contributed by atoms with Gasteiger partial charge in [0.2, 0.25) is 0 Å². The highest BCUT2D eigenvalue weighted by Crippen LogP contribution is 2.23. The second-order valence-electron chi connectivity index (χ2n) is 2.93. The fourth-order valence-corrected chi connectivity index (χ4v) is 1.30. The number of ketones is 2. The summed E-state index contributed by atoms with van der Waals surface area (Å²) in [6.07, 6.45) is -0.0992. The van der Waals surface area contributed by atoms with Crippen LogP contribution in [0.4, 0.5) is 0 Å². The second-order valence-corrected chi connectivity index (χ2v) is 3.75. The van der Waals surface area contributed by atoms with E-state index in [2.05, 4.69) is 0 Å². The molecule has 0 N–H and O–H groups in total. The third-order valence-corrected chi connectivity index (χ3v) is 2.39. The maximum atomic E-state index is 11.4. The fraction of sp³-hybridized carbons (Fsp3) is 0.200. The Morgan fingerprint density at radius 2 is 1.86 bits per heavy atom. The lowest BCUT2D eigenvalue weighted by Gasteiger charge is -2.00. The molecule has 4 heteroatoms. The van der Waals surface area contributed by atoms with E-state index in [9.17, 15) is 9.59 Å². The van der Waals surface area contributed by atoms with Crippen molar-refractivity contribution in [3.05, 3.63) is 33.8 Å². The summed E-state index contributed by atoms with van der Waals surface area (Å²) in [6, 6.07) is 4.56. The number of rotatable bonds is 3. The van der Waals surface area contributed by atoms with Gasteiger partial charge < -0.3 is 0 Å². The normalized spacial score (nSPS) is 9.93. The first-order chi connectivity index (χ1) is 6.50. The quantitative estimate of drug-likeness (QED) is 0.591. The molecule has 74 valence electrons. The number of Topliss-reactive ketones (excluding diaryl/α,β-unsaturated/α-hetero) is 2. The van der Waals surface area contributed by atoms with Gasteiger partial charge in [0.15, 0.2) is 5.78 Å². The molecule has 0 aliphatic rings. The lowest BCUT2D eigenvalue weighted by atomic mass is 10.1. The zero-order valence-electron chi connectivity index (χ0n) is 7.51. The van der Waals surface area contributed by atoms with Crippen LogP contribution in [0.3, 0.4) is 0 Å². The van der Waals surface area contributed by atoms with E-state index in [1.54, 1.807) is 6.07 Å². The van der Waals surface area contributed by atoms with E-state index in [0.717, 1.165) is 0 Å². The molecule has 0 saturated heterocycles. The maximum absolute atomic E-state index is 11.4. The molecule has 2 nitrogen and oxygen atoms in total. The van der Waals surface area contributed by atoms with Crippen LogP contribution in [0.5, 0.6) is 0 Å². The van der Waals surface area contributed by atoms with Crippen LogP contribution in [0.15, 0.2) is 18.2 Å². The summed E-state index contributed by atoms with van der Waals surface area (Å²) >= 11 is 11.4. The molecule has 0 unspecified atom stereocenters. The molecule has 0 radical (unpaired) electrons. The number of hydrogen-bond donors (Lipinski definition) is 0. The summed E-state index contributed by atoms with van der Waals surface area (Å²) in [5, 5.41) is 0.715. The molecular formula is C10H8Cl2O2. The lowest BCUT2D eigenvalue weighted by molar-refractivity contribution is -0.116. The Hall–Kier alpha value is -0.860. The summed E-state index contributed by atoms with van der Waals surface area (Å²) in [6.45, 7) is 1.37.